The monoisotopic (exact) mass is 411 g/mol. The Hall–Kier alpha value is -1.96. The summed E-state index contributed by atoms with van der Waals surface area (Å²) < 4.78 is 16.8. The molecule has 1 aromatic carbocycles. The van der Waals surface area contributed by atoms with Crippen LogP contribution in [0.5, 0.6) is 11.5 Å². The van der Waals surface area contributed by atoms with Gasteiger partial charge in [0, 0.05) is 19.7 Å². The summed E-state index contributed by atoms with van der Waals surface area (Å²) in [5.74, 6) is 2.03. The maximum atomic E-state index is 12.1. The zero-order chi connectivity index (χ0) is 15.5. The molecule has 1 aromatic heterocycles. The Labute approximate surface area is 141 Å². The van der Waals surface area contributed by atoms with Gasteiger partial charge in [-0.2, -0.15) is 0 Å². The van der Waals surface area contributed by atoms with Gasteiger partial charge in [0.2, 0.25) is 12.7 Å². The van der Waals surface area contributed by atoms with Crippen LogP contribution in [0.15, 0.2) is 40.8 Å². The summed E-state index contributed by atoms with van der Waals surface area (Å²) in [6.45, 7) is 0.744. The van der Waals surface area contributed by atoms with Crippen molar-refractivity contribution in [3.8, 4) is 11.5 Å². The molecule has 0 fully saturated rings. The van der Waals surface area contributed by atoms with E-state index >= 15 is 0 Å². The van der Waals surface area contributed by atoms with E-state index in [-0.39, 0.29) is 12.7 Å². The molecule has 1 aliphatic rings. The van der Waals surface area contributed by atoms with Gasteiger partial charge >= 0.3 is 0 Å². The molecule has 22 heavy (non-hydrogen) atoms. The average Bonchev–Trinajstić information content (AvgIpc) is 3.12. The summed E-state index contributed by atoms with van der Waals surface area (Å²) >= 11 is 2.08. The molecular formula is C16H14INO4. The highest BCUT2D eigenvalue weighted by molar-refractivity contribution is 14.1. The van der Waals surface area contributed by atoms with Crippen LogP contribution < -0.4 is 9.47 Å². The van der Waals surface area contributed by atoms with E-state index in [1.165, 1.54) is 6.08 Å². The van der Waals surface area contributed by atoms with Crippen molar-refractivity contribution in [3.05, 3.63) is 51.5 Å². The van der Waals surface area contributed by atoms with Crippen LogP contribution >= 0.6 is 22.6 Å². The minimum Gasteiger partial charge on any atom is -0.454 e. The summed E-state index contributed by atoms with van der Waals surface area (Å²) in [5.41, 5.74) is 0.987. The van der Waals surface area contributed by atoms with Crippen molar-refractivity contribution in [1.82, 2.24) is 4.90 Å². The van der Waals surface area contributed by atoms with Crippen LogP contribution in [-0.4, -0.2) is 24.6 Å². The number of hydrogen-bond acceptors (Lipinski definition) is 4. The highest BCUT2D eigenvalue weighted by Gasteiger charge is 2.14. The first-order valence-corrected chi connectivity index (χ1v) is 7.77. The minimum absolute atomic E-state index is 0.0934. The van der Waals surface area contributed by atoms with E-state index in [0.29, 0.717) is 12.3 Å². The van der Waals surface area contributed by atoms with E-state index in [0.717, 1.165) is 20.8 Å². The third kappa shape index (κ3) is 3.44. The van der Waals surface area contributed by atoms with Gasteiger partial charge < -0.3 is 18.8 Å². The topological polar surface area (TPSA) is 51.9 Å². The predicted octanol–water partition coefficient (Wildman–Crippen LogP) is 3.28. The molecule has 0 saturated carbocycles. The number of likely N-dealkylation sites (N-methyl/N-ethyl adjacent to an activating group) is 1. The predicted molar refractivity (Wildman–Crippen MR) is 89.5 cm³/mol. The zero-order valence-corrected chi connectivity index (χ0v) is 14.1. The van der Waals surface area contributed by atoms with Crippen molar-refractivity contribution in [2.24, 2.45) is 0 Å². The lowest BCUT2D eigenvalue weighted by Crippen LogP contribution is -2.24. The van der Waals surface area contributed by atoms with E-state index in [4.69, 9.17) is 13.9 Å². The Kier molecular flexibility index (Phi) is 4.37. The normalized spacial score (nSPS) is 12.8. The number of ether oxygens (including phenoxy) is 2. The van der Waals surface area contributed by atoms with Crippen molar-refractivity contribution in [2.75, 3.05) is 13.8 Å². The van der Waals surface area contributed by atoms with Gasteiger partial charge in [-0.15, -0.1) is 0 Å². The van der Waals surface area contributed by atoms with E-state index in [2.05, 4.69) is 22.6 Å². The van der Waals surface area contributed by atoms with Crippen molar-refractivity contribution < 1.29 is 18.7 Å². The molecule has 1 amide bonds. The smallest absolute Gasteiger partial charge is 0.246 e. The van der Waals surface area contributed by atoms with Crippen LogP contribution in [-0.2, 0) is 11.3 Å². The molecule has 0 aliphatic carbocycles. The van der Waals surface area contributed by atoms with Gasteiger partial charge in [0.05, 0.1) is 0 Å². The molecule has 2 aromatic rings. The molecule has 0 unspecified atom stereocenters. The fourth-order valence-corrected chi connectivity index (χ4v) is 2.52. The highest BCUT2D eigenvalue weighted by Crippen LogP contribution is 2.32. The Morgan fingerprint density at radius 1 is 1.27 bits per heavy atom. The van der Waals surface area contributed by atoms with Crippen LogP contribution in [0.1, 0.15) is 11.3 Å². The van der Waals surface area contributed by atoms with E-state index in [9.17, 15) is 4.79 Å². The number of carbonyl (C=O) groups excluding carboxylic acids is 1. The maximum Gasteiger partial charge on any atom is 0.246 e. The lowest BCUT2D eigenvalue weighted by Gasteiger charge is -2.15. The lowest BCUT2D eigenvalue weighted by molar-refractivity contribution is -0.125. The molecule has 6 heteroatoms. The number of benzene rings is 1. The third-order valence-electron chi connectivity index (χ3n) is 3.22. The van der Waals surface area contributed by atoms with Crippen LogP contribution in [0.25, 0.3) is 6.08 Å². The molecule has 0 bridgehead atoms. The van der Waals surface area contributed by atoms with Gasteiger partial charge in [-0.1, -0.05) is 6.07 Å². The second-order valence-electron chi connectivity index (χ2n) is 4.86. The first-order valence-electron chi connectivity index (χ1n) is 6.69. The molecule has 0 saturated heterocycles. The standard InChI is InChI=1S/C16H14INO4/c1-18(16(19)7-4-12-3-6-15(17)22-12)9-11-2-5-13-14(8-11)21-10-20-13/h2-8H,9-10H2,1H3/b7-4+. The van der Waals surface area contributed by atoms with Crippen molar-refractivity contribution in [2.45, 2.75) is 6.54 Å². The average molecular weight is 411 g/mol. The van der Waals surface area contributed by atoms with Crippen molar-refractivity contribution >= 4 is 34.6 Å². The van der Waals surface area contributed by atoms with Gasteiger partial charge in [0.1, 0.15) is 5.76 Å². The molecular weight excluding hydrogens is 397 g/mol. The molecule has 0 spiro atoms. The van der Waals surface area contributed by atoms with Crippen LogP contribution in [0.2, 0.25) is 0 Å². The largest absolute Gasteiger partial charge is 0.454 e. The number of furan rings is 1. The summed E-state index contributed by atoms with van der Waals surface area (Å²) in [7, 11) is 1.75. The number of hydrogen-bond donors (Lipinski definition) is 0. The van der Waals surface area contributed by atoms with Gasteiger partial charge in [0.15, 0.2) is 15.3 Å². The maximum absolute atomic E-state index is 12.1. The third-order valence-corrected chi connectivity index (χ3v) is 3.80. The molecule has 2 heterocycles. The van der Waals surface area contributed by atoms with Crippen LogP contribution in [0.4, 0.5) is 0 Å². The lowest BCUT2D eigenvalue weighted by atomic mass is 10.2. The zero-order valence-electron chi connectivity index (χ0n) is 11.9. The van der Waals surface area contributed by atoms with E-state index in [1.54, 1.807) is 18.0 Å². The SMILES string of the molecule is CN(Cc1ccc2c(c1)OCO2)C(=O)/C=C/c1ccc(I)o1. The Bertz CT molecular complexity index is 723. The summed E-state index contributed by atoms with van der Waals surface area (Å²) in [6, 6.07) is 9.35. The first kappa shape index (κ1) is 15.0. The highest BCUT2D eigenvalue weighted by atomic mass is 127. The quantitative estimate of drug-likeness (QED) is 0.573. The summed E-state index contributed by atoms with van der Waals surface area (Å²) in [4.78, 5) is 13.7. The second-order valence-corrected chi connectivity index (χ2v) is 5.92. The van der Waals surface area contributed by atoms with Gasteiger partial charge in [-0.05, 0) is 58.5 Å². The molecule has 1 aliphatic heterocycles. The van der Waals surface area contributed by atoms with Crippen molar-refractivity contribution in [3.63, 3.8) is 0 Å². The van der Waals surface area contributed by atoms with E-state index < -0.39 is 0 Å². The Balaban J connectivity index is 1.62. The molecule has 5 nitrogen and oxygen atoms in total. The van der Waals surface area contributed by atoms with Gasteiger partial charge in [-0.25, -0.2) is 0 Å². The molecule has 0 N–H and O–H groups in total. The van der Waals surface area contributed by atoms with Gasteiger partial charge in [0.25, 0.3) is 0 Å². The second kappa shape index (κ2) is 6.43. The Morgan fingerprint density at radius 2 is 2.09 bits per heavy atom. The summed E-state index contributed by atoms with van der Waals surface area (Å²) in [5, 5.41) is 0. The molecule has 3 rings (SSSR count). The number of fused-ring (bicyclic) bond motifs is 1. The number of rotatable bonds is 4. The van der Waals surface area contributed by atoms with Gasteiger partial charge in [-0.3, -0.25) is 4.79 Å². The Morgan fingerprint density at radius 3 is 2.86 bits per heavy atom. The fourth-order valence-electron chi connectivity index (χ4n) is 2.09. The number of amides is 1. The number of nitrogens with zero attached hydrogens (tertiary/aromatic N) is 1. The van der Waals surface area contributed by atoms with Crippen molar-refractivity contribution in [1.29, 1.82) is 0 Å². The molecule has 0 radical (unpaired) electrons. The summed E-state index contributed by atoms with van der Waals surface area (Å²) in [6.07, 6.45) is 3.17. The molecule has 0 atom stereocenters. The molecule has 114 valence electrons. The first-order chi connectivity index (χ1) is 10.6. The number of carbonyl (C=O) groups is 1. The van der Waals surface area contributed by atoms with Crippen LogP contribution in [0, 0.1) is 3.77 Å². The van der Waals surface area contributed by atoms with Crippen LogP contribution in [0.3, 0.4) is 0 Å². The minimum atomic E-state index is -0.0934. The fraction of sp³-hybridized carbons (Fsp3) is 0.188. The van der Waals surface area contributed by atoms with E-state index in [1.807, 2.05) is 30.3 Å². The number of halogens is 1.